The third-order valence-corrected chi connectivity index (χ3v) is 3.58. The SMILES string of the molecule is COc1cc(CNC(=O)NC2CCC(C(=O)O)C2)ccn1. The molecule has 0 spiro atoms. The van der Waals surface area contributed by atoms with Crippen LogP contribution in [0.5, 0.6) is 5.88 Å². The van der Waals surface area contributed by atoms with E-state index in [1.807, 2.05) is 0 Å². The topological polar surface area (TPSA) is 101 Å². The Morgan fingerprint density at radius 3 is 2.95 bits per heavy atom. The molecular weight excluding hydrogens is 274 g/mol. The van der Waals surface area contributed by atoms with Crippen LogP contribution in [0.3, 0.4) is 0 Å². The van der Waals surface area contributed by atoms with Crippen LogP contribution in [0.4, 0.5) is 4.79 Å². The van der Waals surface area contributed by atoms with Crippen LogP contribution in [0.25, 0.3) is 0 Å². The standard InChI is InChI=1S/C14H19N3O4/c1-21-12-6-9(4-5-15-12)8-16-14(20)17-11-3-2-10(7-11)13(18)19/h4-6,10-11H,2-3,7-8H2,1H3,(H,18,19)(H2,16,17,20). The van der Waals surface area contributed by atoms with Crippen molar-refractivity contribution < 1.29 is 19.4 Å². The van der Waals surface area contributed by atoms with Gasteiger partial charge in [-0.3, -0.25) is 4.79 Å². The molecule has 1 fully saturated rings. The number of carboxylic acid groups (broad SMARTS) is 1. The molecule has 2 unspecified atom stereocenters. The zero-order valence-corrected chi connectivity index (χ0v) is 11.8. The number of methoxy groups -OCH3 is 1. The number of nitrogens with zero attached hydrogens (tertiary/aromatic N) is 1. The maximum Gasteiger partial charge on any atom is 0.315 e. The second-order valence-corrected chi connectivity index (χ2v) is 5.08. The van der Waals surface area contributed by atoms with Gasteiger partial charge in [0.05, 0.1) is 13.0 Å². The molecule has 21 heavy (non-hydrogen) atoms. The van der Waals surface area contributed by atoms with Gasteiger partial charge in [-0.15, -0.1) is 0 Å². The van der Waals surface area contributed by atoms with Gasteiger partial charge in [0.2, 0.25) is 5.88 Å². The number of hydrogen-bond donors (Lipinski definition) is 3. The number of carboxylic acids is 1. The molecule has 0 aliphatic heterocycles. The fourth-order valence-electron chi connectivity index (χ4n) is 2.43. The van der Waals surface area contributed by atoms with Gasteiger partial charge in [-0.2, -0.15) is 0 Å². The third kappa shape index (κ3) is 4.34. The number of aliphatic carboxylic acids is 1. The number of urea groups is 1. The first-order valence-corrected chi connectivity index (χ1v) is 6.84. The molecule has 1 aliphatic rings. The predicted molar refractivity (Wildman–Crippen MR) is 74.9 cm³/mol. The first-order valence-electron chi connectivity index (χ1n) is 6.84. The molecule has 2 rings (SSSR count). The van der Waals surface area contributed by atoms with Crippen LogP contribution in [-0.4, -0.2) is 35.2 Å². The van der Waals surface area contributed by atoms with E-state index >= 15 is 0 Å². The number of pyridine rings is 1. The minimum atomic E-state index is -0.788. The Morgan fingerprint density at radius 1 is 1.48 bits per heavy atom. The molecule has 2 amide bonds. The van der Waals surface area contributed by atoms with Crippen molar-refractivity contribution in [2.24, 2.45) is 5.92 Å². The molecule has 114 valence electrons. The highest BCUT2D eigenvalue weighted by molar-refractivity contribution is 5.75. The van der Waals surface area contributed by atoms with E-state index in [9.17, 15) is 9.59 Å². The molecule has 7 nitrogen and oxygen atoms in total. The largest absolute Gasteiger partial charge is 0.481 e. The van der Waals surface area contributed by atoms with Crippen molar-refractivity contribution in [3.8, 4) is 5.88 Å². The van der Waals surface area contributed by atoms with Crippen LogP contribution >= 0.6 is 0 Å². The average molecular weight is 293 g/mol. The Morgan fingerprint density at radius 2 is 2.29 bits per heavy atom. The Labute approximate surface area is 122 Å². The summed E-state index contributed by atoms with van der Waals surface area (Å²) in [5, 5.41) is 14.5. The fourth-order valence-corrected chi connectivity index (χ4v) is 2.43. The molecule has 3 N–H and O–H groups in total. The lowest BCUT2D eigenvalue weighted by Gasteiger charge is -2.13. The van der Waals surface area contributed by atoms with Crippen molar-refractivity contribution in [3.63, 3.8) is 0 Å². The number of amides is 2. The van der Waals surface area contributed by atoms with Gasteiger partial charge in [0, 0.05) is 24.8 Å². The molecular formula is C14H19N3O4. The Kier molecular flexibility index (Phi) is 4.97. The number of hydrogen-bond acceptors (Lipinski definition) is 4. The van der Waals surface area contributed by atoms with Crippen molar-refractivity contribution in [2.75, 3.05) is 7.11 Å². The molecule has 0 saturated heterocycles. The van der Waals surface area contributed by atoms with Crippen molar-refractivity contribution in [3.05, 3.63) is 23.9 Å². The van der Waals surface area contributed by atoms with Crippen molar-refractivity contribution in [2.45, 2.75) is 31.8 Å². The number of aromatic nitrogens is 1. The van der Waals surface area contributed by atoms with Crippen LogP contribution < -0.4 is 15.4 Å². The van der Waals surface area contributed by atoms with E-state index in [0.29, 0.717) is 31.7 Å². The van der Waals surface area contributed by atoms with E-state index in [4.69, 9.17) is 9.84 Å². The number of ether oxygens (including phenoxy) is 1. The maximum atomic E-state index is 11.8. The van der Waals surface area contributed by atoms with Crippen LogP contribution in [0.2, 0.25) is 0 Å². The summed E-state index contributed by atoms with van der Waals surface area (Å²) in [5.41, 5.74) is 0.881. The number of rotatable bonds is 5. The average Bonchev–Trinajstić information content (AvgIpc) is 2.94. The van der Waals surface area contributed by atoms with E-state index in [1.54, 1.807) is 18.3 Å². The van der Waals surface area contributed by atoms with Gasteiger partial charge in [0.15, 0.2) is 0 Å². The zero-order chi connectivity index (χ0) is 15.2. The molecule has 1 aromatic heterocycles. The van der Waals surface area contributed by atoms with Crippen molar-refractivity contribution >= 4 is 12.0 Å². The molecule has 0 bridgehead atoms. The van der Waals surface area contributed by atoms with Gasteiger partial charge in [-0.05, 0) is 30.9 Å². The smallest absolute Gasteiger partial charge is 0.315 e. The third-order valence-electron chi connectivity index (χ3n) is 3.58. The summed E-state index contributed by atoms with van der Waals surface area (Å²) in [5.74, 6) is -0.641. The molecule has 2 atom stereocenters. The summed E-state index contributed by atoms with van der Waals surface area (Å²) in [7, 11) is 1.53. The van der Waals surface area contributed by atoms with E-state index in [0.717, 1.165) is 5.56 Å². The normalized spacial score (nSPS) is 20.8. The second kappa shape index (κ2) is 6.92. The quantitative estimate of drug-likeness (QED) is 0.756. The van der Waals surface area contributed by atoms with Crippen molar-refractivity contribution in [1.82, 2.24) is 15.6 Å². The van der Waals surface area contributed by atoms with E-state index in [-0.39, 0.29) is 18.0 Å². The second-order valence-electron chi connectivity index (χ2n) is 5.08. The number of carbonyl (C=O) groups is 2. The minimum Gasteiger partial charge on any atom is -0.481 e. The van der Waals surface area contributed by atoms with Gasteiger partial charge in [-0.1, -0.05) is 0 Å². The first kappa shape index (κ1) is 15.1. The lowest BCUT2D eigenvalue weighted by atomic mass is 10.1. The lowest BCUT2D eigenvalue weighted by Crippen LogP contribution is -2.40. The summed E-state index contributed by atoms with van der Waals surface area (Å²) in [4.78, 5) is 26.6. The highest BCUT2D eigenvalue weighted by Crippen LogP contribution is 2.25. The lowest BCUT2D eigenvalue weighted by molar-refractivity contribution is -0.141. The molecule has 1 aliphatic carbocycles. The summed E-state index contributed by atoms with van der Waals surface area (Å²) in [6, 6.07) is 3.18. The molecule has 7 heteroatoms. The van der Waals surface area contributed by atoms with Gasteiger partial charge < -0.3 is 20.5 Å². The maximum absolute atomic E-state index is 11.8. The Balaban J connectivity index is 1.76. The summed E-state index contributed by atoms with van der Waals surface area (Å²) < 4.78 is 5.01. The van der Waals surface area contributed by atoms with Crippen LogP contribution in [0.1, 0.15) is 24.8 Å². The van der Waals surface area contributed by atoms with Gasteiger partial charge in [0.25, 0.3) is 0 Å². The van der Waals surface area contributed by atoms with E-state index in [1.165, 1.54) is 7.11 Å². The van der Waals surface area contributed by atoms with Gasteiger partial charge >= 0.3 is 12.0 Å². The van der Waals surface area contributed by atoms with Crippen LogP contribution in [0.15, 0.2) is 18.3 Å². The first-order chi connectivity index (χ1) is 10.1. The summed E-state index contributed by atoms with van der Waals surface area (Å²) >= 11 is 0. The monoisotopic (exact) mass is 293 g/mol. The van der Waals surface area contributed by atoms with Crippen LogP contribution in [0, 0.1) is 5.92 Å². The number of nitrogens with one attached hydrogen (secondary N) is 2. The van der Waals surface area contributed by atoms with E-state index in [2.05, 4.69) is 15.6 Å². The molecule has 0 radical (unpaired) electrons. The Bertz CT molecular complexity index is 521. The molecule has 1 saturated carbocycles. The zero-order valence-electron chi connectivity index (χ0n) is 11.8. The van der Waals surface area contributed by atoms with Gasteiger partial charge in [-0.25, -0.2) is 9.78 Å². The predicted octanol–water partition coefficient (Wildman–Crippen LogP) is 1.14. The Hall–Kier alpha value is -2.31. The summed E-state index contributed by atoms with van der Waals surface area (Å²) in [6.45, 7) is 0.361. The highest BCUT2D eigenvalue weighted by Gasteiger charge is 2.30. The molecule has 0 aromatic carbocycles. The van der Waals surface area contributed by atoms with E-state index < -0.39 is 5.97 Å². The minimum absolute atomic E-state index is 0.0712. The number of carbonyl (C=O) groups excluding carboxylic acids is 1. The van der Waals surface area contributed by atoms with Crippen molar-refractivity contribution in [1.29, 1.82) is 0 Å². The van der Waals surface area contributed by atoms with Crippen LogP contribution in [-0.2, 0) is 11.3 Å². The summed E-state index contributed by atoms with van der Waals surface area (Å²) in [6.07, 6.45) is 3.42. The highest BCUT2D eigenvalue weighted by atomic mass is 16.5. The molecule has 1 heterocycles. The molecule has 1 aromatic rings. The van der Waals surface area contributed by atoms with Gasteiger partial charge in [0.1, 0.15) is 0 Å². The fraction of sp³-hybridized carbons (Fsp3) is 0.500.